The predicted molar refractivity (Wildman–Crippen MR) is 201 cm³/mol. The smallest absolute Gasteiger partial charge is 0.164 e. The average Bonchev–Trinajstić information content (AvgIpc) is 3.57. The maximum atomic E-state index is 6.25. The summed E-state index contributed by atoms with van der Waals surface area (Å²) < 4.78 is 6.25. The van der Waals surface area contributed by atoms with Crippen LogP contribution in [-0.2, 0) is 0 Å². The molecule has 0 spiro atoms. The number of hydrogen-bond acceptors (Lipinski definition) is 4. The van der Waals surface area contributed by atoms with E-state index in [1.807, 2.05) is 36.4 Å². The van der Waals surface area contributed by atoms with Crippen LogP contribution in [0.1, 0.15) is 0 Å². The molecular weight excluding hydrogens is 599 g/mol. The summed E-state index contributed by atoms with van der Waals surface area (Å²) in [6, 6.07) is 57.0. The van der Waals surface area contributed by atoms with Gasteiger partial charge >= 0.3 is 0 Å². The van der Waals surface area contributed by atoms with Crippen molar-refractivity contribution in [2.45, 2.75) is 0 Å². The number of furan rings is 1. The minimum absolute atomic E-state index is 0.604. The Balaban J connectivity index is 1.21. The van der Waals surface area contributed by atoms with Gasteiger partial charge in [0, 0.05) is 27.5 Å². The van der Waals surface area contributed by atoms with Gasteiger partial charge in [0.2, 0.25) is 0 Å². The lowest BCUT2D eigenvalue weighted by molar-refractivity contribution is 0.669. The van der Waals surface area contributed by atoms with Gasteiger partial charge in [-0.05, 0) is 67.7 Å². The summed E-state index contributed by atoms with van der Waals surface area (Å²) in [6.07, 6.45) is 0. The molecule has 0 aliphatic heterocycles. The molecule has 0 aliphatic rings. The third kappa shape index (κ3) is 4.57. The van der Waals surface area contributed by atoms with Gasteiger partial charge in [-0.25, -0.2) is 15.0 Å². The molecule has 0 aliphatic carbocycles. The molecule has 0 atom stereocenters. The predicted octanol–water partition coefficient (Wildman–Crippen LogP) is 11.9. The summed E-state index contributed by atoms with van der Waals surface area (Å²) in [4.78, 5) is 15.5. The van der Waals surface area contributed by atoms with E-state index in [0.29, 0.717) is 17.5 Å². The molecule has 0 saturated heterocycles. The molecular formula is C45H27N3O. The van der Waals surface area contributed by atoms with Gasteiger partial charge in [0.05, 0.1) is 0 Å². The first-order chi connectivity index (χ1) is 24.3. The van der Waals surface area contributed by atoms with Crippen molar-refractivity contribution in [3.63, 3.8) is 0 Å². The van der Waals surface area contributed by atoms with Crippen molar-refractivity contribution in [1.82, 2.24) is 15.0 Å². The highest BCUT2D eigenvalue weighted by molar-refractivity contribution is 6.20. The second kappa shape index (κ2) is 11.0. The maximum Gasteiger partial charge on any atom is 0.164 e. The van der Waals surface area contributed by atoms with Crippen LogP contribution in [0.3, 0.4) is 0 Å². The average molecular weight is 626 g/mol. The summed E-state index contributed by atoms with van der Waals surface area (Å²) in [5, 5.41) is 9.34. The van der Waals surface area contributed by atoms with E-state index in [0.717, 1.165) is 55.1 Å². The van der Waals surface area contributed by atoms with Crippen LogP contribution in [0.4, 0.5) is 0 Å². The van der Waals surface area contributed by atoms with Crippen LogP contribution in [0, 0.1) is 0 Å². The largest absolute Gasteiger partial charge is 0.456 e. The molecule has 0 amide bonds. The zero-order valence-corrected chi connectivity index (χ0v) is 26.3. The quantitative estimate of drug-likeness (QED) is 0.183. The van der Waals surface area contributed by atoms with Gasteiger partial charge < -0.3 is 4.42 Å². The molecule has 0 fully saturated rings. The van der Waals surface area contributed by atoms with Gasteiger partial charge in [-0.2, -0.15) is 0 Å². The Labute approximate surface area is 282 Å². The van der Waals surface area contributed by atoms with Crippen molar-refractivity contribution in [3.05, 3.63) is 164 Å². The third-order valence-electron chi connectivity index (χ3n) is 9.49. The summed E-state index contributed by atoms with van der Waals surface area (Å²) in [5.74, 6) is 1.84. The van der Waals surface area contributed by atoms with Crippen LogP contribution in [0.2, 0.25) is 0 Å². The second-order valence-corrected chi connectivity index (χ2v) is 12.4. The van der Waals surface area contributed by atoms with Gasteiger partial charge in [0.1, 0.15) is 11.2 Å². The van der Waals surface area contributed by atoms with Crippen LogP contribution in [0.25, 0.3) is 99.5 Å². The highest BCUT2D eigenvalue weighted by Gasteiger charge is 2.18. The molecule has 8 aromatic carbocycles. The number of aromatic nitrogens is 3. The third-order valence-corrected chi connectivity index (χ3v) is 9.49. The number of benzene rings is 8. The Kier molecular flexibility index (Phi) is 6.15. The van der Waals surface area contributed by atoms with E-state index >= 15 is 0 Å². The molecule has 4 nitrogen and oxygen atoms in total. The fourth-order valence-corrected chi connectivity index (χ4v) is 7.16. The highest BCUT2D eigenvalue weighted by Crippen LogP contribution is 2.38. The summed E-state index contributed by atoms with van der Waals surface area (Å²) in [5.41, 5.74) is 6.65. The minimum Gasteiger partial charge on any atom is -0.456 e. The topological polar surface area (TPSA) is 51.8 Å². The standard InChI is InChI=1S/C45H27N3O/c1-2-10-28(11-3-1)31-13-8-14-33(26-31)43-46-44(48-45(47-43)38-17-9-19-40-42(38)37-16-6-7-18-39(37)49-40)34-24-25-36-32(27-34)23-22-30-21-20-29-12-4-5-15-35(29)41(30)36/h1-27H. The first-order valence-corrected chi connectivity index (χ1v) is 16.4. The molecule has 10 rings (SSSR count). The van der Waals surface area contributed by atoms with Crippen molar-refractivity contribution in [3.8, 4) is 45.3 Å². The van der Waals surface area contributed by atoms with Crippen molar-refractivity contribution in [2.24, 2.45) is 0 Å². The Morgan fingerprint density at radius 3 is 1.82 bits per heavy atom. The van der Waals surface area contributed by atoms with Crippen LogP contribution in [0.5, 0.6) is 0 Å². The van der Waals surface area contributed by atoms with E-state index in [4.69, 9.17) is 19.4 Å². The number of rotatable bonds is 4. The highest BCUT2D eigenvalue weighted by atomic mass is 16.3. The monoisotopic (exact) mass is 625 g/mol. The van der Waals surface area contributed by atoms with Gasteiger partial charge in [-0.1, -0.05) is 140 Å². The van der Waals surface area contributed by atoms with E-state index in [-0.39, 0.29) is 0 Å². The van der Waals surface area contributed by atoms with E-state index in [9.17, 15) is 0 Å². The van der Waals surface area contributed by atoms with E-state index in [1.54, 1.807) is 0 Å². The zero-order chi connectivity index (χ0) is 32.3. The van der Waals surface area contributed by atoms with Gasteiger partial charge in [-0.3, -0.25) is 0 Å². The first-order valence-electron chi connectivity index (χ1n) is 16.4. The Bertz CT molecular complexity index is 2890. The molecule has 228 valence electrons. The molecule has 0 saturated carbocycles. The lowest BCUT2D eigenvalue weighted by Crippen LogP contribution is -2.00. The lowest BCUT2D eigenvalue weighted by Gasteiger charge is -2.12. The van der Waals surface area contributed by atoms with Crippen molar-refractivity contribution in [2.75, 3.05) is 0 Å². The zero-order valence-electron chi connectivity index (χ0n) is 26.3. The Hall–Kier alpha value is -6.65. The summed E-state index contributed by atoms with van der Waals surface area (Å²) in [7, 11) is 0. The fraction of sp³-hybridized carbons (Fsp3) is 0. The fourth-order valence-electron chi connectivity index (χ4n) is 7.16. The Morgan fingerprint density at radius 1 is 0.327 bits per heavy atom. The molecule has 49 heavy (non-hydrogen) atoms. The van der Waals surface area contributed by atoms with Gasteiger partial charge in [-0.15, -0.1) is 0 Å². The van der Waals surface area contributed by atoms with Crippen LogP contribution >= 0.6 is 0 Å². The van der Waals surface area contributed by atoms with Crippen LogP contribution in [0.15, 0.2) is 168 Å². The molecule has 0 radical (unpaired) electrons. The maximum absolute atomic E-state index is 6.25. The van der Waals surface area contributed by atoms with Crippen LogP contribution < -0.4 is 0 Å². The van der Waals surface area contributed by atoms with Crippen molar-refractivity contribution in [1.29, 1.82) is 0 Å². The molecule has 2 heterocycles. The van der Waals surface area contributed by atoms with E-state index in [1.165, 1.54) is 26.9 Å². The van der Waals surface area contributed by atoms with Crippen LogP contribution in [-0.4, -0.2) is 15.0 Å². The first kappa shape index (κ1) is 27.5. The molecule has 0 unspecified atom stereocenters. The SMILES string of the molecule is c1ccc(-c2cccc(-c3nc(-c4ccc5c(ccc6ccc7ccccc7c65)c4)nc(-c4cccc5oc6ccccc6c45)n3)c2)cc1. The molecule has 4 heteroatoms. The minimum atomic E-state index is 0.604. The number of para-hydroxylation sites is 1. The normalized spacial score (nSPS) is 11.7. The van der Waals surface area contributed by atoms with Crippen molar-refractivity contribution < 1.29 is 4.42 Å². The van der Waals surface area contributed by atoms with Crippen molar-refractivity contribution >= 4 is 54.3 Å². The second-order valence-electron chi connectivity index (χ2n) is 12.4. The number of fused-ring (bicyclic) bond motifs is 8. The molecule has 2 aromatic heterocycles. The van der Waals surface area contributed by atoms with Gasteiger partial charge in [0.25, 0.3) is 0 Å². The molecule has 10 aromatic rings. The Morgan fingerprint density at radius 2 is 0.939 bits per heavy atom. The lowest BCUT2D eigenvalue weighted by atomic mass is 9.95. The van der Waals surface area contributed by atoms with E-state index in [2.05, 4.69) is 127 Å². The summed E-state index contributed by atoms with van der Waals surface area (Å²) in [6.45, 7) is 0. The summed E-state index contributed by atoms with van der Waals surface area (Å²) >= 11 is 0. The number of nitrogens with zero attached hydrogens (tertiary/aromatic N) is 3. The number of hydrogen-bond donors (Lipinski definition) is 0. The molecule has 0 N–H and O–H groups in total. The molecule has 0 bridgehead atoms. The van der Waals surface area contributed by atoms with E-state index < -0.39 is 0 Å². The van der Waals surface area contributed by atoms with Gasteiger partial charge in [0.15, 0.2) is 17.5 Å².